The van der Waals surface area contributed by atoms with Crippen LogP contribution < -0.4 is 4.31 Å². The monoisotopic (exact) mass is 411 g/mol. The first-order valence-electron chi connectivity index (χ1n) is 9.84. The molecule has 29 heavy (non-hydrogen) atoms. The van der Waals surface area contributed by atoms with Crippen LogP contribution in [0.15, 0.2) is 65.7 Å². The standard InChI is InChI=1S/C23H29N3O2S/c1-6-26(20-14-10-11-18(2)15-20)29(27,28)21-17-25(24-22(21)23(3,4)5)16-19-12-8-7-9-13-19/h7-15,17H,6,16H2,1-5H3. The lowest BCUT2D eigenvalue weighted by atomic mass is 9.92. The van der Waals surface area contributed by atoms with Gasteiger partial charge in [0.25, 0.3) is 10.0 Å². The molecule has 0 unspecified atom stereocenters. The summed E-state index contributed by atoms with van der Waals surface area (Å²) >= 11 is 0. The number of rotatable bonds is 6. The highest BCUT2D eigenvalue weighted by Gasteiger charge is 2.33. The number of benzene rings is 2. The van der Waals surface area contributed by atoms with E-state index in [0.717, 1.165) is 11.1 Å². The molecule has 1 aromatic heterocycles. The molecule has 5 nitrogen and oxygen atoms in total. The van der Waals surface area contributed by atoms with Crippen molar-refractivity contribution in [3.63, 3.8) is 0 Å². The third-order valence-corrected chi connectivity index (χ3v) is 6.67. The van der Waals surface area contributed by atoms with E-state index >= 15 is 0 Å². The van der Waals surface area contributed by atoms with Crippen LogP contribution in [0.5, 0.6) is 0 Å². The lowest BCUT2D eigenvalue weighted by Crippen LogP contribution is -2.32. The molecule has 0 saturated heterocycles. The summed E-state index contributed by atoms with van der Waals surface area (Å²) in [6.07, 6.45) is 1.67. The van der Waals surface area contributed by atoms with Gasteiger partial charge < -0.3 is 0 Å². The van der Waals surface area contributed by atoms with E-state index in [1.807, 2.05) is 89.2 Å². The number of hydrogen-bond donors (Lipinski definition) is 0. The molecule has 0 amide bonds. The van der Waals surface area contributed by atoms with Gasteiger partial charge in [-0.2, -0.15) is 5.10 Å². The van der Waals surface area contributed by atoms with Gasteiger partial charge in [0.05, 0.1) is 17.9 Å². The zero-order chi connectivity index (χ0) is 21.2. The minimum Gasteiger partial charge on any atom is -0.267 e. The first kappa shape index (κ1) is 21.1. The quantitative estimate of drug-likeness (QED) is 0.588. The maximum atomic E-state index is 13.7. The van der Waals surface area contributed by atoms with Crippen LogP contribution in [0.4, 0.5) is 5.69 Å². The van der Waals surface area contributed by atoms with Crippen LogP contribution >= 0.6 is 0 Å². The Labute approximate surface area is 174 Å². The molecule has 0 bridgehead atoms. The fraction of sp³-hybridized carbons (Fsp3) is 0.348. The Hall–Kier alpha value is -2.60. The van der Waals surface area contributed by atoms with E-state index in [1.54, 1.807) is 10.9 Å². The fourth-order valence-electron chi connectivity index (χ4n) is 3.36. The van der Waals surface area contributed by atoms with Crippen molar-refractivity contribution in [1.82, 2.24) is 9.78 Å². The second-order valence-corrected chi connectivity index (χ2v) is 10.1. The van der Waals surface area contributed by atoms with Crippen LogP contribution in [0.2, 0.25) is 0 Å². The summed E-state index contributed by atoms with van der Waals surface area (Å²) in [5, 5.41) is 4.68. The molecule has 0 saturated carbocycles. The number of hydrogen-bond acceptors (Lipinski definition) is 3. The zero-order valence-corrected chi connectivity index (χ0v) is 18.6. The highest BCUT2D eigenvalue weighted by Crippen LogP contribution is 2.32. The second kappa shape index (κ2) is 8.03. The number of aryl methyl sites for hydroxylation is 1. The van der Waals surface area contributed by atoms with Gasteiger partial charge in [-0.25, -0.2) is 8.42 Å². The molecule has 6 heteroatoms. The van der Waals surface area contributed by atoms with Gasteiger partial charge in [0.2, 0.25) is 0 Å². The molecule has 1 heterocycles. The summed E-state index contributed by atoms with van der Waals surface area (Å²) in [5.74, 6) is 0. The lowest BCUT2D eigenvalue weighted by Gasteiger charge is -2.25. The number of nitrogens with zero attached hydrogens (tertiary/aromatic N) is 3. The van der Waals surface area contributed by atoms with E-state index in [0.29, 0.717) is 24.5 Å². The van der Waals surface area contributed by atoms with E-state index in [9.17, 15) is 8.42 Å². The van der Waals surface area contributed by atoms with Crippen molar-refractivity contribution in [2.24, 2.45) is 0 Å². The average molecular weight is 412 g/mol. The van der Waals surface area contributed by atoms with Crippen molar-refractivity contribution in [2.75, 3.05) is 10.8 Å². The fourth-order valence-corrected chi connectivity index (χ4v) is 5.17. The summed E-state index contributed by atoms with van der Waals surface area (Å²) in [6.45, 7) is 10.7. The van der Waals surface area contributed by atoms with E-state index in [4.69, 9.17) is 0 Å². The van der Waals surface area contributed by atoms with Crippen molar-refractivity contribution < 1.29 is 8.42 Å². The molecule has 0 spiro atoms. The predicted octanol–water partition coefficient (Wildman–Crippen LogP) is 4.75. The van der Waals surface area contributed by atoms with Crippen LogP contribution in [0, 0.1) is 6.92 Å². The van der Waals surface area contributed by atoms with Crippen molar-refractivity contribution >= 4 is 15.7 Å². The van der Waals surface area contributed by atoms with E-state index in [2.05, 4.69) is 5.10 Å². The van der Waals surface area contributed by atoms with Crippen LogP contribution in [0.1, 0.15) is 44.5 Å². The molecule has 154 valence electrons. The average Bonchev–Trinajstić information content (AvgIpc) is 3.08. The van der Waals surface area contributed by atoms with E-state index in [1.165, 1.54) is 4.31 Å². The Kier molecular flexibility index (Phi) is 5.85. The Balaban J connectivity index is 2.09. The number of anilines is 1. The largest absolute Gasteiger partial charge is 0.267 e. The van der Waals surface area contributed by atoms with Gasteiger partial charge in [-0.05, 0) is 37.1 Å². The molecule has 0 fully saturated rings. The maximum absolute atomic E-state index is 13.7. The first-order valence-corrected chi connectivity index (χ1v) is 11.3. The molecule has 0 aliphatic carbocycles. The third-order valence-electron chi connectivity index (χ3n) is 4.77. The molecular formula is C23H29N3O2S. The van der Waals surface area contributed by atoms with Crippen molar-refractivity contribution in [2.45, 2.75) is 51.5 Å². The van der Waals surface area contributed by atoms with Crippen molar-refractivity contribution in [1.29, 1.82) is 0 Å². The Morgan fingerprint density at radius 1 is 1.03 bits per heavy atom. The van der Waals surface area contributed by atoms with Gasteiger partial charge in [-0.15, -0.1) is 0 Å². The lowest BCUT2D eigenvalue weighted by molar-refractivity contribution is 0.532. The molecule has 0 aliphatic rings. The summed E-state index contributed by atoms with van der Waals surface area (Å²) in [6, 6.07) is 17.5. The first-order chi connectivity index (χ1) is 13.6. The van der Waals surface area contributed by atoms with Gasteiger partial charge in [0.15, 0.2) is 0 Å². The number of sulfonamides is 1. The van der Waals surface area contributed by atoms with Crippen LogP contribution in [-0.2, 0) is 22.0 Å². The van der Waals surface area contributed by atoms with Gasteiger partial charge in [-0.1, -0.05) is 63.2 Å². The smallest absolute Gasteiger partial charge is 0.267 e. The van der Waals surface area contributed by atoms with Crippen LogP contribution in [-0.4, -0.2) is 24.7 Å². The normalized spacial score (nSPS) is 12.2. The molecule has 0 atom stereocenters. The van der Waals surface area contributed by atoms with Crippen molar-refractivity contribution in [3.8, 4) is 0 Å². The molecule has 3 aromatic rings. The van der Waals surface area contributed by atoms with Gasteiger partial charge in [-0.3, -0.25) is 8.99 Å². The molecule has 0 radical (unpaired) electrons. The van der Waals surface area contributed by atoms with Gasteiger partial charge in [0.1, 0.15) is 4.90 Å². The maximum Gasteiger partial charge on any atom is 0.267 e. The van der Waals surface area contributed by atoms with Gasteiger partial charge >= 0.3 is 0 Å². The Morgan fingerprint density at radius 2 is 1.72 bits per heavy atom. The summed E-state index contributed by atoms with van der Waals surface area (Å²) in [7, 11) is -3.76. The minimum absolute atomic E-state index is 0.268. The summed E-state index contributed by atoms with van der Waals surface area (Å²) in [5.41, 5.74) is 2.94. The molecule has 0 aliphatic heterocycles. The predicted molar refractivity (Wildman–Crippen MR) is 118 cm³/mol. The summed E-state index contributed by atoms with van der Waals surface area (Å²) in [4.78, 5) is 0.268. The highest BCUT2D eigenvalue weighted by molar-refractivity contribution is 7.92. The molecule has 3 rings (SSSR count). The Bertz CT molecular complexity index is 1080. The van der Waals surface area contributed by atoms with Gasteiger partial charge in [0, 0.05) is 18.2 Å². The second-order valence-electron chi connectivity index (χ2n) is 8.28. The molecule has 0 N–H and O–H groups in total. The van der Waals surface area contributed by atoms with Crippen LogP contribution in [0.3, 0.4) is 0 Å². The Morgan fingerprint density at radius 3 is 2.31 bits per heavy atom. The highest BCUT2D eigenvalue weighted by atomic mass is 32.2. The minimum atomic E-state index is -3.76. The van der Waals surface area contributed by atoms with E-state index in [-0.39, 0.29) is 4.90 Å². The summed E-state index contributed by atoms with van der Waals surface area (Å²) < 4.78 is 30.5. The van der Waals surface area contributed by atoms with Crippen molar-refractivity contribution in [3.05, 3.63) is 77.6 Å². The third kappa shape index (κ3) is 4.53. The molecule has 2 aromatic carbocycles. The zero-order valence-electron chi connectivity index (χ0n) is 17.8. The SMILES string of the molecule is CCN(c1cccc(C)c1)S(=O)(=O)c1cn(Cc2ccccc2)nc1C(C)(C)C. The number of aromatic nitrogens is 2. The van der Waals surface area contributed by atoms with E-state index < -0.39 is 15.4 Å². The molecular weight excluding hydrogens is 382 g/mol. The van der Waals surface area contributed by atoms with Crippen LogP contribution in [0.25, 0.3) is 0 Å². The topological polar surface area (TPSA) is 55.2 Å².